The first kappa shape index (κ1) is 83.3. The van der Waals surface area contributed by atoms with Crippen molar-refractivity contribution in [1.82, 2.24) is 29.9 Å². The highest BCUT2D eigenvalue weighted by atomic mass is 79.9. The molecule has 0 bridgehead atoms. The second kappa shape index (κ2) is 34.8. The molecule has 3 aliphatic heterocycles. The Morgan fingerprint density at radius 3 is 1.19 bits per heavy atom. The van der Waals surface area contributed by atoms with Crippen LogP contribution in [0.5, 0.6) is 0 Å². The van der Waals surface area contributed by atoms with Crippen LogP contribution in [0.15, 0.2) is 456 Å². The zero-order valence-corrected chi connectivity index (χ0v) is 81.6. The van der Waals surface area contributed by atoms with Gasteiger partial charge in [-0.3, -0.25) is 0 Å². The standard InChI is InChI=1S/C44H26BrN3S3.C40H22BrN3OS2.C32H18BrN3O2S/c45-31-20-24-36-40(26-31)49-39-25-30(44-47-42-34(14-8-16-38(42)51-44)28-11-5-2-6-12-28)19-23-35(39)48(36)32-21-17-29(18-22-32)43-46-41-33(13-7-15-37(41)50-43)27-9-3-1-4-10-27;41-26-16-19-31-35(22-26)46-38-30(39-42-36-28-8-3-1-6-23(28)14-20-33(36)45-39)10-5-11-32(38)44(31)27-17-12-25(13-18-27)40-43-37-29-9-4-2-7-24(29)15-21-34(37)47-40;33-20-15-16-25-29(18-20)39-30-22(32-35-24-11-2-4-14-28(24)38-32)9-6-12-26(30)36(25)21-8-5-7-19(17-21)31-34-23-10-1-3-13-27(23)37-31/h1-26H;1-22H;1-18H. The van der Waals surface area contributed by atoms with E-state index in [4.69, 9.17) is 43.2 Å². The predicted octanol–water partition coefficient (Wildman–Crippen LogP) is 37.0. The molecule has 6 aromatic heterocycles. The summed E-state index contributed by atoms with van der Waals surface area (Å²) in [5.41, 5.74) is 28.9. The largest absolute Gasteiger partial charge is 0.436 e. The molecule has 19 aromatic carbocycles. The Labute approximate surface area is 835 Å². The van der Waals surface area contributed by atoms with Gasteiger partial charge in [-0.2, -0.15) is 0 Å². The normalized spacial score (nSPS) is 12.5. The minimum absolute atomic E-state index is 0.598. The molecular formula is C116H66Br3N9O3S6. The Morgan fingerprint density at radius 2 is 0.628 bits per heavy atom. The fraction of sp³-hybridized carbons (Fsp3) is 0. The summed E-state index contributed by atoms with van der Waals surface area (Å²) >= 11 is 21.6. The van der Waals surface area contributed by atoms with Crippen LogP contribution < -0.4 is 14.7 Å². The maximum absolute atomic E-state index is 6.44. The number of benzene rings is 19. The number of para-hydroxylation sites is 6. The van der Waals surface area contributed by atoms with Gasteiger partial charge in [-0.05, 0) is 234 Å². The number of anilines is 9. The highest BCUT2D eigenvalue weighted by molar-refractivity contribution is 9.11. The van der Waals surface area contributed by atoms with Crippen LogP contribution in [0.4, 0.5) is 51.2 Å². The van der Waals surface area contributed by atoms with Crippen LogP contribution in [-0.4, -0.2) is 29.9 Å². The quantitative estimate of drug-likeness (QED) is 0.122. The zero-order valence-electron chi connectivity index (χ0n) is 71.9. The molecule has 0 atom stereocenters. The SMILES string of the molecule is Brc1ccc2c(c1)Sc1c(-c3nc4c(ccc5ccccc54)o3)cccc1N2c1ccc(-c2nc3c(ccc4ccccc43)s2)cc1.Brc1ccc2c(c1)Sc1c(-c3nc4ccccc4o3)cccc1N2c1cccc(-c2nc3ccccc3o2)c1.Brc1ccc2c(c1)Sc1cc(-c3nc4c(-c5ccccc5)cccc4s3)ccc1N2c1ccc(-c2nc3c(-c4ccccc4)cccc3s2)cc1. The Balaban J connectivity index is 0.000000107. The van der Waals surface area contributed by atoms with E-state index in [0.29, 0.717) is 17.7 Å². The number of thiazole rings is 3. The first-order valence-corrected chi connectivity index (χ1v) is 51.6. The molecule has 3 aliphatic rings. The first-order chi connectivity index (χ1) is 67.5. The van der Waals surface area contributed by atoms with E-state index in [1.54, 1.807) is 57.5 Å². The molecule has 0 saturated carbocycles. The number of nitrogens with zero attached hydrogens (tertiary/aromatic N) is 9. The van der Waals surface area contributed by atoms with Crippen molar-refractivity contribution in [1.29, 1.82) is 0 Å². The summed E-state index contributed by atoms with van der Waals surface area (Å²) in [4.78, 5) is 43.9. The monoisotopic (exact) mass is 2060 g/mol. The van der Waals surface area contributed by atoms with Gasteiger partial charge in [-0.15, -0.1) is 34.0 Å². The van der Waals surface area contributed by atoms with Crippen LogP contribution >= 0.6 is 117 Å². The smallest absolute Gasteiger partial charge is 0.228 e. The fourth-order valence-corrected chi connectivity index (χ4v) is 26.4. The lowest BCUT2D eigenvalue weighted by molar-refractivity contribution is 0.618. The van der Waals surface area contributed by atoms with Crippen molar-refractivity contribution in [3.8, 4) is 88.3 Å². The van der Waals surface area contributed by atoms with Crippen LogP contribution in [0.2, 0.25) is 0 Å². The average Bonchev–Trinajstić information content (AvgIpc) is 1.62. The summed E-state index contributed by atoms with van der Waals surface area (Å²) in [7, 11) is 0. The van der Waals surface area contributed by atoms with Crippen molar-refractivity contribution in [3.05, 3.63) is 414 Å². The molecule has 12 nitrogen and oxygen atoms in total. The Morgan fingerprint density at radius 1 is 0.226 bits per heavy atom. The summed E-state index contributed by atoms with van der Waals surface area (Å²) in [6.45, 7) is 0. The number of oxazole rings is 3. The van der Waals surface area contributed by atoms with E-state index >= 15 is 0 Å². The van der Waals surface area contributed by atoms with Crippen molar-refractivity contribution in [3.63, 3.8) is 0 Å². The summed E-state index contributed by atoms with van der Waals surface area (Å²) in [5, 5.41) is 7.72. The van der Waals surface area contributed by atoms with Gasteiger partial charge in [0, 0.05) is 104 Å². The van der Waals surface area contributed by atoms with Crippen LogP contribution in [-0.2, 0) is 0 Å². The molecule has 650 valence electrons. The van der Waals surface area contributed by atoms with Crippen LogP contribution in [0.1, 0.15) is 0 Å². The van der Waals surface area contributed by atoms with Gasteiger partial charge in [0.15, 0.2) is 16.7 Å². The summed E-state index contributed by atoms with van der Waals surface area (Å²) in [5.74, 6) is 1.83. The number of rotatable bonds is 11. The second-order valence-corrected chi connectivity index (χ2v) is 42.2. The molecule has 21 heteroatoms. The third kappa shape index (κ3) is 15.3. The minimum atomic E-state index is 0.598. The molecule has 0 saturated heterocycles. The average molecular weight is 2070 g/mol. The lowest BCUT2D eigenvalue weighted by atomic mass is 10.0. The fourth-order valence-electron chi connectivity index (χ4n) is 18.4. The number of hydrogen-bond acceptors (Lipinski definition) is 18. The van der Waals surface area contributed by atoms with Crippen LogP contribution in [0, 0.1) is 0 Å². The van der Waals surface area contributed by atoms with E-state index in [0.717, 1.165) is 193 Å². The lowest BCUT2D eigenvalue weighted by Crippen LogP contribution is -2.15. The third-order valence-corrected chi connectivity index (χ3v) is 32.9. The van der Waals surface area contributed by atoms with E-state index in [1.807, 2.05) is 84.6 Å². The van der Waals surface area contributed by atoms with E-state index in [-0.39, 0.29) is 0 Å². The molecule has 0 amide bonds. The maximum Gasteiger partial charge on any atom is 0.228 e. The highest BCUT2D eigenvalue weighted by Crippen LogP contribution is 2.59. The minimum Gasteiger partial charge on any atom is -0.436 e. The molecule has 9 heterocycles. The molecule has 0 N–H and O–H groups in total. The molecule has 0 fully saturated rings. The molecule has 137 heavy (non-hydrogen) atoms. The Hall–Kier alpha value is -14.3. The lowest BCUT2D eigenvalue weighted by Gasteiger charge is -2.33. The van der Waals surface area contributed by atoms with E-state index in [2.05, 4.69) is 390 Å². The van der Waals surface area contributed by atoms with Gasteiger partial charge in [-0.25, -0.2) is 29.9 Å². The number of hydrogen-bond donors (Lipinski definition) is 0. The zero-order chi connectivity index (χ0) is 90.9. The Bertz CT molecular complexity index is 9070. The van der Waals surface area contributed by atoms with Gasteiger partial charge in [0.1, 0.15) is 31.6 Å². The molecule has 25 aromatic rings. The maximum atomic E-state index is 6.44. The number of aromatic nitrogens is 6. The number of fused-ring (bicyclic) bond motifs is 16. The van der Waals surface area contributed by atoms with Gasteiger partial charge in [0.25, 0.3) is 0 Å². The van der Waals surface area contributed by atoms with Crippen LogP contribution in [0.3, 0.4) is 0 Å². The first-order valence-electron chi connectivity index (χ1n) is 44.3. The van der Waals surface area contributed by atoms with Gasteiger partial charge in [-0.1, -0.05) is 271 Å². The molecule has 0 spiro atoms. The number of halogens is 3. The topological polar surface area (TPSA) is 126 Å². The van der Waals surface area contributed by atoms with Gasteiger partial charge in [0.2, 0.25) is 17.7 Å². The third-order valence-electron chi connectivity index (χ3n) is 24.8. The van der Waals surface area contributed by atoms with Crippen molar-refractivity contribution in [2.45, 2.75) is 29.4 Å². The van der Waals surface area contributed by atoms with Crippen molar-refractivity contribution < 1.29 is 13.3 Å². The second-order valence-electron chi connectivity index (χ2n) is 33.1. The van der Waals surface area contributed by atoms with E-state index in [1.165, 1.54) is 56.9 Å². The van der Waals surface area contributed by atoms with Gasteiger partial charge < -0.3 is 28.0 Å². The molecule has 0 unspecified atom stereocenters. The van der Waals surface area contributed by atoms with Gasteiger partial charge >= 0.3 is 0 Å². The highest BCUT2D eigenvalue weighted by Gasteiger charge is 2.34. The molecule has 28 rings (SSSR count). The van der Waals surface area contributed by atoms with Crippen LogP contribution in [0.25, 0.3) is 174 Å². The molecular weight excluding hydrogens is 2000 g/mol. The molecule has 0 radical (unpaired) electrons. The summed E-state index contributed by atoms with van der Waals surface area (Å²) in [6.07, 6.45) is 0. The predicted molar refractivity (Wildman–Crippen MR) is 580 cm³/mol. The van der Waals surface area contributed by atoms with E-state index < -0.39 is 0 Å². The van der Waals surface area contributed by atoms with E-state index in [9.17, 15) is 0 Å². The van der Waals surface area contributed by atoms with Crippen molar-refractivity contribution in [2.75, 3.05) is 14.7 Å². The van der Waals surface area contributed by atoms with Crippen molar-refractivity contribution >= 4 is 254 Å². The molecule has 0 aliphatic carbocycles. The summed E-state index contributed by atoms with van der Waals surface area (Å²) < 4.78 is 25.5. The van der Waals surface area contributed by atoms with Crippen molar-refractivity contribution in [2.24, 2.45) is 0 Å². The van der Waals surface area contributed by atoms with Gasteiger partial charge in [0.05, 0.1) is 75.9 Å². The summed E-state index contributed by atoms with van der Waals surface area (Å²) in [6, 6.07) is 140. The Kier molecular flexibility index (Phi) is 21.1.